The van der Waals surface area contributed by atoms with Gasteiger partial charge in [-0.25, -0.2) is 4.79 Å². The van der Waals surface area contributed by atoms with Crippen LogP contribution in [0.5, 0.6) is 0 Å². The van der Waals surface area contributed by atoms with Gasteiger partial charge in [0.25, 0.3) is 5.91 Å². The maximum absolute atomic E-state index is 12.1. The number of carbonyl (C=O) groups is 4. The van der Waals surface area contributed by atoms with Gasteiger partial charge in [0, 0.05) is 31.1 Å². The first-order chi connectivity index (χ1) is 12.3. The number of carbonyl (C=O) groups excluding carboxylic acids is 2. The molecule has 0 aliphatic rings. The van der Waals surface area contributed by atoms with E-state index in [-0.39, 0.29) is 24.4 Å². The Morgan fingerprint density at radius 1 is 1.12 bits per heavy atom. The van der Waals surface area contributed by atoms with Gasteiger partial charge in [-0.05, 0) is 37.1 Å². The maximum Gasteiger partial charge on any atom is 0.326 e. The van der Waals surface area contributed by atoms with Gasteiger partial charge in [-0.1, -0.05) is 0 Å². The van der Waals surface area contributed by atoms with Crippen molar-refractivity contribution in [2.75, 3.05) is 18.5 Å². The summed E-state index contributed by atoms with van der Waals surface area (Å²) in [7, 11) is 0. The fourth-order valence-corrected chi connectivity index (χ4v) is 2.03. The molecule has 142 valence electrons. The van der Waals surface area contributed by atoms with Crippen LogP contribution in [-0.2, 0) is 19.1 Å². The van der Waals surface area contributed by atoms with E-state index < -0.39 is 23.9 Å². The van der Waals surface area contributed by atoms with Crippen LogP contribution in [0.25, 0.3) is 0 Å². The highest BCUT2D eigenvalue weighted by Gasteiger charge is 2.21. The Hall–Kier alpha value is -3.10. The zero-order valence-electron chi connectivity index (χ0n) is 14.4. The highest BCUT2D eigenvalue weighted by atomic mass is 16.5. The largest absolute Gasteiger partial charge is 0.481 e. The third-order valence-electron chi connectivity index (χ3n) is 3.35. The van der Waals surface area contributed by atoms with Crippen LogP contribution in [0.3, 0.4) is 0 Å². The summed E-state index contributed by atoms with van der Waals surface area (Å²) in [6.45, 7) is 2.23. The number of ether oxygens (including phenoxy) is 1. The van der Waals surface area contributed by atoms with E-state index in [1.54, 1.807) is 12.1 Å². The second-order valence-electron chi connectivity index (χ2n) is 5.49. The van der Waals surface area contributed by atoms with Crippen LogP contribution in [0.2, 0.25) is 0 Å². The SMILES string of the molecule is CC(=O)OCCCNc1ccc(C(=O)N[C@@H](CCC(=O)O)C(=O)O)cc1. The molecule has 1 aromatic carbocycles. The lowest BCUT2D eigenvalue weighted by Crippen LogP contribution is -2.41. The summed E-state index contributed by atoms with van der Waals surface area (Å²) >= 11 is 0. The van der Waals surface area contributed by atoms with Crippen molar-refractivity contribution in [1.29, 1.82) is 0 Å². The molecule has 1 amide bonds. The smallest absolute Gasteiger partial charge is 0.326 e. The number of carboxylic acid groups (broad SMARTS) is 2. The van der Waals surface area contributed by atoms with E-state index in [1.807, 2.05) is 0 Å². The quantitative estimate of drug-likeness (QED) is 0.337. The Labute approximate surface area is 150 Å². The van der Waals surface area contributed by atoms with Gasteiger partial charge in [0.1, 0.15) is 6.04 Å². The Morgan fingerprint density at radius 2 is 1.77 bits per heavy atom. The molecule has 9 nitrogen and oxygen atoms in total. The van der Waals surface area contributed by atoms with Gasteiger partial charge in [0.2, 0.25) is 0 Å². The Balaban J connectivity index is 2.50. The van der Waals surface area contributed by atoms with E-state index >= 15 is 0 Å². The molecule has 26 heavy (non-hydrogen) atoms. The molecule has 0 radical (unpaired) electrons. The Kier molecular flexibility index (Phi) is 8.62. The fraction of sp³-hybridized carbons (Fsp3) is 0.412. The first-order valence-electron chi connectivity index (χ1n) is 8.02. The van der Waals surface area contributed by atoms with Crippen molar-refractivity contribution in [3.05, 3.63) is 29.8 Å². The molecule has 0 spiro atoms. The number of esters is 1. The van der Waals surface area contributed by atoms with Crippen LogP contribution in [0.15, 0.2) is 24.3 Å². The minimum atomic E-state index is -1.29. The minimum Gasteiger partial charge on any atom is -0.481 e. The van der Waals surface area contributed by atoms with Crippen molar-refractivity contribution in [2.24, 2.45) is 0 Å². The number of benzene rings is 1. The van der Waals surface area contributed by atoms with Gasteiger partial charge in [-0.15, -0.1) is 0 Å². The highest BCUT2D eigenvalue weighted by Crippen LogP contribution is 2.10. The predicted octanol–water partition coefficient (Wildman–Crippen LogP) is 1.10. The van der Waals surface area contributed by atoms with Crippen molar-refractivity contribution in [2.45, 2.75) is 32.2 Å². The standard InChI is InChI=1S/C17H22N2O7/c1-11(20)26-10-2-9-18-13-5-3-12(4-6-13)16(23)19-14(17(24)25)7-8-15(21)22/h3-6,14,18H,2,7-10H2,1H3,(H,19,23)(H,21,22)(H,24,25)/t14-/m0/s1. The van der Waals surface area contributed by atoms with E-state index in [4.69, 9.17) is 14.9 Å². The third-order valence-corrected chi connectivity index (χ3v) is 3.35. The van der Waals surface area contributed by atoms with Crippen molar-refractivity contribution in [1.82, 2.24) is 5.32 Å². The Morgan fingerprint density at radius 3 is 2.31 bits per heavy atom. The van der Waals surface area contributed by atoms with Crippen LogP contribution in [0.4, 0.5) is 5.69 Å². The van der Waals surface area contributed by atoms with Crippen LogP contribution in [0.1, 0.15) is 36.5 Å². The lowest BCUT2D eigenvalue weighted by Gasteiger charge is -2.14. The molecule has 0 heterocycles. The van der Waals surface area contributed by atoms with Crippen molar-refractivity contribution < 1.29 is 34.1 Å². The normalized spacial score (nSPS) is 11.3. The molecule has 0 saturated heterocycles. The summed E-state index contributed by atoms with van der Waals surface area (Å²) in [6.07, 6.45) is 0.0809. The van der Waals surface area contributed by atoms with E-state index in [0.29, 0.717) is 19.6 Å². The van der Waals surface area contributed by atoms with Crippen LogP contribution in [0, 0.1) is 0 Å². The third kappa shape index (κ3) is 8.13. The van der Waals surface area contributed by atoms with Gasteiger partial charge < -0.3 is 25.6 Å². The number of hydrogen-bond acceptors (Lipinski definition) is 6. The topological polar surface area (TPSA) is 142 Å². The molecule has 0 aliphatic heterocycles. The minimum absolute atomic E-state index is 0.196. The molecule has 1 aromatic rings. The summed E-state index contributed by atoms with van der Waals surface area (Å²) in [5.74, 6) is -3.34. The molecule has 0 unspecified atom stereocenters. The monoisotopic (exact) mass is 366 g/mol. The molecule has 1 atom stereocenters. The molecule has 0 aromatic heterocycles. The summed E-state index contributed by atoms with van der Waals surface area (Å²) in [4.78, 5) is 44.4. The first kappa shape index (κ1) is 20.9. The van der Waals surface area contributed by atoms with E-state index in [9.17, 15) is 19.2 Å². The van der Waals surface area contributed by atoms with Gasteiger partial charge in [-0.3, -0.25) is 14.4 Å². The number of nitrogens with one attached hydrogen (secondary N) is 2. The second-order valence-corrected chi connectivity index (χ2v) is 5.49. The van der Waals surface area contributed by atoms with Crippen molar-refractivity contribution >= 4 is 29.5 Å². The molecular formula is C17H22N2O7. The molecule has 9 heteroatoms. The van der Waals surface area contributed by atoms with Crippen molar-refractivity contribution in [3.8, 4) is 0 Å². The molecule has 0 fully saturated rings. The summed E-state index contributed by atoms with van der Waals surface area (Å²) in [5.41, 5.74) is 1.02. The number of aliphatic carboxylic acids is 2. The lowest BCUT2D eigenvalue weighted by atomic mass is 10.1. The molecule has 0 saturated carbocycles. The molecular weight excluding hydrogens is 344 g/mol. The zero-order valence-corrected chi connectivity index (χ0v) is 14.4. The summed E-state index contributed by atoms with van der Waals surface area (Å²) in [5, 5.41) is 23.1. The summed E-state index contributed by atoms with van der Waals surface area (Å²) < 4.78 is 4.80. The summed E-state index contributed by atoms with van der Waals surface area (Å²) in [6, 6.07) is 5.11. The van der Waals surface area contributed by atoms with E-state index in [2.05, 4.69) is 10.6 Å². The van der Waals surface area contributed by atoms with Crippen molar-refractivity contribution in [3.63, 3.8) is 0 Å². The Bertz CT molecular complexity index is 643. The zero-order chi connectivity index (χ0) is 19.5. The highest BCUT2D eigenvalue weighted by molar-refractivity contribution is 5.96. The molecule has 4 N–H and O–H groups in total. The van der Waals surface area contributed by atoms with Gasteiger partial charge in [-0.2, -0.15) is 0 Å². The predicted molar refractivity (Wildman–Crippen MR) is 91.9 cm³/mol. The number of amides is 1. The lowest BCUT2D eigenvalue weighted by molar-refractivity contribution is -0.142. The van der Waals surface area contributed by atoms with Crippen LogP contribution >= 0.6 is 0 Å². The van der Waals surface area contributed by atoms with Crippen LogP contribution < -0.4 is 10.6 Å². The van der Waals surface area contributed by atoms with Gasteiger partial charge in [0.05, 0.1) is 6.61 Å². The fourth-order valence-electron chi connectivity index (χ4n) is 2.03. The number of anilines is 1. The van der Waals surface area contributed by atoms with Gasteiger partial charge >= 0.3 is 17.9 Å². The average molecular weight is 366 g/mol. The van der Waals surface area contributed by atoms with E-state index in [1.165, 1.54) is 19.1 Å². The molecule has 0 bridgehead atoms. The van der Waals surface area contributed by atoms with E-state index in [0.717, 1.165) is 5.69 Å². The molecule has 0 aliphatic carbocycles. The molecule has 1 rings (SSSR count). The average Bonchev–Trinajstić information content (AvgIpc) is 2.58. The first-order valence-corrected chi connectivity index (χ1v) is 8.02. The number of carboxylic acids is 2. The van der Waals surface area contributed by atoms with Crippen LogP contribution in [-0.4, -0.2) is 53.2 Å². The number of hydrogen-bond donors (Lipinski definition) is 4. The van der Waals surface area contributed by atoms with Gasteiger partial charge in [0.15, 0.2) is 0 Å². The second kappa shape index (κ2) is 10.7. The number of rotatable bonds is 11. The maximum atomic E-state index is 12.1.